The molecule has 4 nitrogen and oxygen atoms in total. The molecule has 0 saturated heterocycles. The summed E-state index contributed by atoms with van der Waals surface area (Å²) in [4.78, 5) is 11.1. The van der Waals surface area contributed by atoms with Crippen molar-refractivity contribution in [2.24, 2.45) is 4.99 Å². The summed E-state index contributed by atoms with van der Waals surface area (Å²) in [6, 6.07) is 13.4. The Hall–Kier alpha value is -2.32. The van der Waals surface area contributed by atoms with E-state index in [9.17, 15) is 0 Å². The van der Waals surface area contributed by atoms with Gasteiger partial charge in [-0.1, -0.05) is 6.07 Å². The zero-order valence-electron chi connectivity index (χ0n) is 10.9. The summed E-state index contributed by atoms with van der Waals surface area (Å²) >= 11 is 1.57. The van der Waals surface area contributed by atoms with E-state index in [1.54, 1.807) is 30.1 Å². The molecule has 0 atom stereocenters. The van der Waals surface area contributed by atoms with Gasteiger partial charge < -0.3 is 4.90 Å². The van der Waals surface area contributed by atoms with Gasteiger partial charge in [0.05, 0.1) is 17.3 Å². The van der Waals surface area contributed by atoms with Crippen molar-refractivity contribution in [1.82, 2.24) is 9.88 Å². The van der Waals surface area contributed by atoms with Crippen molar-refractivity contribution in [2.75, 3.05) is 7.05 Å². The molecule has 0 aliphatic carbocycles. The van der Waals surface area contributed by atoms with Gasteiger partial charge in [-0.3, -0.25) is 0 Å². The molecule has 0 unspecified atom stereocenters. The summed E-state index contributed by atoms with van der Waals surface area (Å²) in [6.45, 7) is 0.811. The molecule has 1 aromatic heterocycles. The standard InChI is InChI=1S/C15H12N4S/c1-19-10-12-3-2-8-17-14(12)20-15(19)18-13-6-4-11(9-16)5-7-13/h2-8H,10H2,1H3. The summed E-state index contributed by atoms with van der Waals surface area (Å²) in [5, 5.41) is 10.7. The Kier molecular flexibility index (Phi) is 3.40. The van der Waals surface area contributed by atoms with Gasteiger partial charge in [0, 0.05) is 25.4 Å². The number of nitrogens with zero attached hydrogens (tertiary/aromatic N) is 4. The number of pyridine rings is 1. The van der Waals surface area contributed by atoms with Crippen LogP contribution in [-0.2, 0) is 6.54 Å². The maximum absolute atomic E-state index is 8.79. The number of thioether (sulfide) groups is 1. The van der Waals surface area contributed by atoms with Crippen LogP contribution in [-0.4, -0.2) is 22.1 Å². The predicted molar refractivity (Wildman–Crippen MR) is 79.8 cm³/mol. The van der Waals surface area contributed by atoms with Crippen LogP contribution in [0.2, 0.25) is 0 Å². The summed E-state index contributed by atoms with van der Waals surface area (Å²) in [5.74, 6) is 0. The molecule has 0 N–H and O–H groups in total. The number of aromatic nitrogens is 1. The van der Waals surface area contributed by atoms with Crippen LogP contribution in [0, 0.1) is 11.3 Å². The fraction of sp³-hybridized carbons (Fsp3) is 0.133. The average molecular weight is 280 g/mol. The van der Waals surface area contributed by atoms with Gasteiger partial charge in [-0.15, -0.1) is 0 Å². The molecular weight excluding hydrogens is 268 g/mol. The zero-order chi connectivity index (χ0) is 13.9. The third kappa shape index (κ3) is 2.51. The molecule has 2 heterocycles. The summed E-state index contributed by atoms with van der Waals surface area (Å²) in [6.07, 6.45) is 1.80. The Morgan fingerprint density at radius 3 is 2.85 bits per heavy atom. The van der Waals surface area contributed by atoms with Gasteiger partial charge in [0.1, 0.15) is 5.03 Å². The van der Waals surface area contributed by atoms with Gasteiger partial charge >= 0.3 is 0 Å². The topological polar surface area (TPSA) is 52.3 Å². The first-order valence-electron chi connectivity index (χ1n) is 6.18. The zero-order valence-corrected chi connectivity index (χ0v) is 11.8. The Morgan fingerprint density at radius 2 is 2.10 bits per heavy atom. The van der Waals surface area contributed by atoms with Crippen LogP contribution in [0.3, 0.4) is 0 Å². The van der Waals surface area contributed by atoms with Crippen LogP contribution < -0.4 is 0 Å². The molecule has 0 radical (unpaired) electrons. The Bertz CT molecular complexity index is 701. The predicted octanol–water partition coefficient (Wildman–Crippen LogP) is 3.18. The van der Waals surface area contributed by atoms with E-state index in [0.717, 1.165) is 22.4 Å². The maximum atomic E-state index is 8.79. The number of aliphatic imine (C=N–C) groups is 1. The summed E-state index contributed by atoms with van der Waals surface area (Å²) in [7, 11) is 2.02. The lowest BCUT2D eigenvalue weighted by Gasteiger charge is -2.26. The normalized spacial score (nSPS) is 15.8. The second kappa shape index (κ2) is 5.35. The average Bonchev–Trinajstić information content (AvgIpc) is 2.49. The minimum Gasteiger partial charge on any atom is -0.349 e. The van der Waals surface area contributed by atoms with Crippen LogP contribution in [0.1, 0.15) is 11.1 Å². The second-order valence-corrected chi connectivity index (χ2v) is 5.43. The molecule has 98 valence electrons. The van der Waals surface area contributed by atoms with Crippen molar-refractivity contribution < 1.29 is 0 Å². The lowest BCUT2D eigenvalue weighted by Crippen LogP contribution is -2.27. The third-order valence-electron chi connectivity index (χ3n) is 2.99. The highest BCUT2D eigenvalue weighted by Crippen LogP contribution is 2.31. The van der Waals surface area contributed by atoms with Crippen molar-refractivity contribution in [2.45, 2.75) is 11.6 Å². The van der Waals surface area contributed by atoms with Gasteiger partial charge in [0.15, 0.2) is 5.17 Å². The lowest BCUT2D eigenvalue weighted by molar-refractivity contribution is 0.498. The number of amidine groups is 1. The first kappa shape index (κ1) is 12.7. The molecular formula is C15H12N4S. The van der Waals surface area contributed by atoms with Gasteiger partial charge in [0.25, 0.3) is 0 Å². The van der Waals surface area contributed by atoms with E-state index in [1.165, 1.54) is 5.56 Å². The largest absolute Gasteiger partial charge is 0.349 e. The van der Waals surface area contributed by atoms with Crippen molar-refractivity contribution in [3.63, 3.8) is 0 Å². The maximum Gasteiger partial charge on any atom is 0.170 e. The Labute approximate surface area is 121 Å². The number of fused-ring (bicyclic) bond motifs is 1. The summed E-state index contributed by atoms with van der Waals surface area (Å²) < 4.78 is 0. The quantitative estimate of drug-likeness (QED) is 0.805. The van der Waals surface area contributed by atoms with Crippen molar-refractivity contribution >= 4 is 22.6 Å². The fourth-order valence-electron chi connectivity index (χ4n) is 1.95. The molecule has 3 rings (SSSR count). The molecule has 1 aliphatic rings. The van der Waals surface area contributed by atoms with Gasteiger partial charge in [0.2, 0.25) is 0 Å². The van der Waals surface area contributed by atoms with Crippen LogP contribution in [0.5, 0.6) is 0 Å². The number of rotatable bonds is 1. The molecule has 0 amide bonds. The number of nitriles is 1. The molecule has 0 fully saturated rings. The van der Waals surface area contributed by atoms with Crippen LogP contribution >= 0.6 is 11.8 Å². The monoisotopic (exact) mass is 280 g/mol. The highest BCUT2D eigenvalue weighted by atomic mass is 32.2. The molecule has 20 heavy (non-hydrogen) atoms. The molecule has 0 spiro atoms. The van der Waals surface area contributed by atoms with E-state index in [2.05, 4.69) is 27.0 Å². The molecule has 0 saturated carbocycles. The third-order valence-corrected chi connectivity index (χ3v) is 4.14. The van der Waals surface area contributed by atoms with Gasteiger partial charge in [-0.05, 0) is 42.1 Å². The molecule has 0 bridgehead atoms. The Morgan fingerprint density at radius 1 is 1.30 bits per heavy atom. The summed E-state index contributed by atoms with van der Waals surface area (Å²) in [5.41, 5.74) is 2.71. The van der Waals surface area contributed by atoms with E-state index in [4.69, 9.17) is 5.26 Å². The number of benzene rings is 1. The van der Waals surface area contributed by atoms with E-state index >= 15 is 0 Å². The fourth-order valence-corrected chi connectivity index (χ4v) is 2.87. The van der Waals surface area contributed by atoms with E-state index in [1.807, 2.05) is 25.2 Å². The smallest absolute Gasteiger partial charge is 0.170 e. The van der Waals surface area contributed by atoms with E-state index in [0.29, 0.717) is 5.56 Å². The molecule has 2 aromatic rings. The lowest BCUT2D eigenvalue weighted by atomic mass is 10.2. The highest BCUT2D eigenvalue weighted by molar-refractivity contribution is 8.13. The van der Waals surface area contributed by atoms with Crippen LogP contribution in [0.4, 0.5) is 5.69 Å². The highest BCUT2D eigenvalue weighted by Gasteiger charge is 2.20. The minimum absolute atomic E-state index is 0.644. The second-order valence-electron chi connectivity index (χ2n) is 4.48. The SMILES string of the molecule is CN1Cc2cccnc2SC1=Nc1ccc(C#N)cc1. The van der Waals surface area contributed by atoms with E-state index in [-0.39, 0.29) is 0 Å². The van der Waals surface area contributed by atoms with Crippen molar-refractivity contribution in [3.8, 4) is 6.07 Å². The van der Waals surface area contributed by atoms with Gasteiger partial charge in [-0.25, -0.2) is 9.98 Å². The Balaban J connectivity index is 1.90. The first-order chi connectivity index (χ1) is 9.76. The van der Waals surface area contributed by atoms with Crippen molar-refractivity contribution in [3.05, 3.63) is 53.7 Å². The number of hydrogen-bond acceptors (Lipinski definition) is 4. The molecule has 5 heteroatoms. The van der Waals surface area contributed by atoms with Crippen LogP contribution in [0.25, 0.3) is 0 Å². The van der Waals surface area contributed by atoms with Gasteiger partial charge in [-0.2, -0.15) is 5.26 Å². The van der Waals surface area contributed by atoms with E-state index < -0.39 is 0 Å². The minimum atomic E-state index is 0.644. The molecule has 1 aliphatic heterocycles. The van der Waals surface area contributed by atoms with Crippen molar-refractivity contribution in [1.29, 1.82) is 5.26 Å². The first-order valence-corrected chi connectivity index (χ1v) is 6.99. The van der Waals surface area contributed by atoms with Crippen LogP contribution in [0.15, 0.2) is 52.6 Å². The number of hydrogen-bond donors (Lipinski definition) is 0. The molecule has 1 aromatic carbocycles.